The second kappa shape index (κ2) is 8.33. The quantitative estimate of drug-likeness (QED) is 0.355. The number of unbranched alkanes of at least 4 members (excludes halogenated alkanes) is 3. The summed E-state index contributed by atoms with van der Waals surface area (Å²) in [6.45, 7) is 7.24. The minimum absolute atomic E-state index is 0.0314. The average Bonchev–Trinajstić information content (AvgIpc) is 2.94. The van der Waals surface area contributed by atoms with E-state index in [1.54, 1.807) is 5.56 Å². The third kappa shape index (κ3) is 3.97. The van der Waals surface area contributed by atoms with Gasteiger partial charge in [0.2, 0.25) is 0 Å². The van der Waals surface area contributed by atoms with E-state index in [4.69, 9.17) is 0 Å². The summed E-state index contributed by atoms with van der Waals surface area (Å²) in [5.41, 5.74) is 2.14. The van der Waals surface area contributed by atoms with Crippen molar-refractivity contribution in [3.63, 3.8) is 0 Å². The van der Waals surface area contributed by atoms with Gasteiger partial charge in [0.05, 0.1) is 0 Å². The van der Waals surface area contributed by atoms with E-state index in [9.17, 15) is 5.11 Å². The van der Waals surface area contributed by atoms with Gasteiger partial charge in [-0.05, 0) is 0 Å². The van der Waals surface area contributed by atoms with E-state index < -0.39 is 19.6 Å². The van der Waals surface area contributed by atoms with Gasteiger partial charge in [-0.2, -0.15) is 0 Å². The first-order valence-electron chi connectivity index (χ1n) is 10.4. The molecule has 0 radical (unpaired) electrons. The summed E-state index contributed by atoms with van der Waals surface area (Å²) in [5, 5.41) is 11.0. The molecule has 2 aliphatic rings. The zero-order valence-corrected chi connectivity index (χ0v) is 18.8. The third-order valence-corrected chi connectivity index (χ3v) is 14.6. The fourth-order valence-corrected chi connectivity index (χ4v) is 14.3. The van der Waals surface area contributed by atoms with E-state index in [1.165, 1.54) is 51.9 Å². The van der Waals surface area contributed by atoms with Gasteiger partial charge in [0.25, 0.3) is 0 Å². The normalized spacial score (nSPS) is 30.3. The van der Waals surface area contributed by atoms with Crippen LogP contribution in [0, 0.1) is 16.7 Å². The van der Waals surface area contributed by atoms with E-state index in [0.717, 1.165) is 12.3 Å². The van der Waals surface area contributed by atoms with Crippen LogP contribution >= 0.6 is 0 Å². The fraction of sp³-hybridized carbons (Fsp3) is 0.739. The molecule has 2 bridgehead atoms. The molecule has 1 aromatic rings. The maximum absolute atomic E-state index is 11.0. The van der Waals surface area contributed by atoms with Gasteiger partial charge in [-0.1, -0.05) is 0 Å². The molecule has 1 N–H and O–H groups in total. The van der Waals surface area contributed by atoms with E-state index in [1.807, 2.05) is 0 Å². The van der Waals surface area contributed by atoms with Crippen LogP contribution in [0.4, 0.5) is 0 Å². The van der Waals surface area contributed by atoms with Gasteiger partial charge >= 0.3 is 163 Å². The van der Waals surface area contributed by atoms with Crippen molar-refractivity contribution in [2.75, 3.05) is 0 Å². The monoisotopic (exact) mass is 459 g/mol. The molecule has 2 fully saturated rings. The minimum atomic E-state index is -1.26. The summed E-state index contributed by atoms with van der Waals surface area (Å²) in [4.78, 5) is 0. The van der Waals surface area contributed by atoms with E-state index in [2.05, 4.69) is 51.1 Å². The van der Waals surface area contributed by atoms with Crippen LogP contribution < -0.4 is 0 Å². The van der Waals surface area contributed by atoms with Crippen molar-refractivity contribution < 1.29 is 5.11 Å². The summed E-state index contributed by atoms with van der Waals surface area (Å²) >= 11 is -1.26. The van der Waals surface area contributed by atoms with Crippen LogP contribution in [0.5, 0.6) is 0 Å². The summed E-state index contributed by atoms with van der Waals surface area (Å²) in [7, 11) is 0. The number of aliphatic hydroxyl groups excluding tert-OH is 1. The second-order valence-corrected chi connectivity index (χ2v) is 15.3. The number of hydrogen-bond donors (Lipinski definition) is 1. The predicted octanol–water partition coefficient (Wildman–Crippen LogP) is 6.03. The zero-order chi connectivity index (χ0) is 17.9. The SMILES string of the molecule is CCCCCC[Te+](Cc1ccccc1)CC12CCC(CC1O)C2(C)C. The molecular weight excluding hydrogens is 420 g/mol. The van der Waals surface area contributed by atoms with Gasteiger partial charge in [0.1, 0.15) is 0 Å². The first kappa shape index (κ1) is 19.7. The average molecular weight is 457 g/mol. The van der Waals surface area contributed by atoms with Gasteiger partial charge in [-0.25, -0.2) is 0 Å². The molecule has 0 aromatic heterocycles. The van der Waals surface area contributed by atoms with Crippen LogP contribution in [0.15, 0.2) is 30.3 Å². The van der Waals surface area contributed by atoms with Crippen LogP contribution in [-0.4, -0.2) is 30.8 Å². The van der Waals surface area contributed by atoms with Crippen LogP contribution in [-0.2, 0) is 4.47 Å². The third-order valence-electron chi connectivity index (χ3n) is 7.35. The van der Waals surface area contributed by atoms with Crippen LogP contribution in [0.1, 0.15) is 71.3 Å². The Hall–Kier alpha value is -0.0304. The molecule has 3 rings (SSSR count). The van der Waals surface area contributed by atoms with Gasteiger partial charge < -0.3 is 0 Å². The number of fused-ring (bicyclic) bond motifs is 2. The van der Waals surface area contributed by atoms with Crippen LogP contribution in [0.2, 0.25) is 8.94 Å². The Labute approximate surface area is 162 Å². The van der Waals surface area contributed by atoms with Crippen molar-refractivity contribution in [1.82, 2.24) is 0 Å². The second-order valence-electron chi connectivity index (χ2n) is 9.02. The number of rotatable bonds is 9. The molecular formula is C23H37OTe+. The van der Waals surface area contributed by atoms with Gasteiger partial charge in [-0.3, -0.25) is 0 Å². The van der Waals surface area contributed by atoms with Crippen LogP contribution in [0.25, 0.3) is 0 Å². The molecule has 2 saturated carbocycles. The van der Waals surface area contributed by atoms with E-state index >= 15 is 0 Å². The van der Waals surface area contributed by atoms with Crippen molar-refractivity contribution in [2.24, 2.45) is 16.7 Å². The Morgan fingerprint density at radius 2 is 1.88 bits per heavy atom. The molecule has 0 heterocycles. The molecule has 2 aliphatic carbocycles. The molecule has 0 aliphatic heterocycles. The molecule has 3 unspecified atom stereocenters. The van der Waals surface area contributed by atoms with Crippen molar-refractivity contribution in [3.05, 3.63) is 35.9 Å². The summed E-state index contributed by atoms with van der Waals surface area (Å²) in [6.07, 6.45) is 9.23. The Balaban J connectivity index is 1.72. The van der Waals surface area contributed by atoms with Crippen molar-refractivity contribution in [1.29, 1.82) is 0 Å². The Bertz CT molecular complexity index is 540. The predicted molar refractivity (Wildman–Crippen MR) is 109 cm³/mol. The summed E-state index contributed by atoms with van der Waals surface area (Å²) in [6, 6.07) is 11.2. The van der Waals surface area contributed by atoms with Crippen molar-refractivity contribution in [2.45, 2.75) is 85.2 Å². The molecule has 0 saturated heterocycles. The molecule has 2 heteroatoms. The maximum atomic E-state index is 11.0. The fourth-order valence-electron chi connectivity index (χ4n) is 5.48. The Kier molecular flexibility index (Phi) is 6.57. The molecule has 1 aromatic carbocycles. The molecule has 140 valence electrons. The first-order chi connectivity index (χ1) is 12.0. The summed E-state index contributed by atoms with van der Waals surface area (Å²) < 4.78 is 4.24. The molecule has 25 heavy (non-hydrogen) atoms. The van der Waals surface area contributed by atoms with Gasteiger partial charge in [0.15, 0.2) is 0 Å². The van der Waals surface area contributed by atoms with Gasteiger partial charge in [0, 0.05) is 0 Å². The van der Waals surface area contributed by atoms with Crippen molar-refractivity contribution >= 4 is 19.6 Å². The molecule has 0 spiro atoms. The van der Waals surface area contributed by atoms with Crippen LogP contribution in [0.3, 0.4) is 0 Å². The number of aliphatic hydroxyl groups is 1. The summed E-state index contributed by atoms with van der Waals surface area (Å²) in [5.74, 6) is 0.763. The topological polar surface area (TPSA) is 20.2 Å². The van der Waals surface area contributed by atoms with E-state index in [0.29, 0.717) is 5.41 Å². The van der Waals surface area contributed by atoms with E-state index in [-0.39, 0.29) is 11.5 Å². The standard InChI is InChI=1S/C23H37OTe/c1-4-5-6-10-15-25(17-19-11-8-7-9-12-19)18-23-14-13-20(16-21(23)24)22(23,2)3/h7-9,11-12,20-21,24H,4-6,10,13-18H2,1-3H3/q+1. The molecule has 0 amide bonds. The Morgan fingerprint density at radius 1 is 1.12 bits per heavy atom. The number of benzene rings is 1. The zero-order valence-electron chi connectivity index (χ0n) is 16.5. The number of hydrogen-bond acceptors (Lipinski definition) is 1. The molecule has 1 nitrogen and oxygen atoms in total. The van der Waals surface area contributed by atoms with Gasteiger partial charge in [-0.15, -0.1) is 0 Å². The molecule has 3 atom stereocenters. The first-order valence-corrected chi connectivity index (χ1v) is 15.3. The Morgan fingerprint density at radius 3 is 2.48 bits per heavy atom. The van der Waals surface area contributed by atoms with Crippen molar-refractivity contribution in [3.8, 4) is 0 Å².